The third kappa shape index (κ3) is 3.14. The number of benzene rings is 1. The molecule has 0 bridgehead atoms. The molecule has 0 saturated heterocycles. The van der Waals surface area contributed by atoms with Crippen molar-refractivity contribution in [1.29, 1.82) is 0 Å². The molecule has 0 aliphatic carbocycles. The van der Waals surface area contributed by atoms with Gasteiger partial charge in [0.25, 0.3) is 0 Å². The summed E-state index contributed by atoms with van der Waals surface area (Å²) in [5.41, 5.74) is 2.14. The third-order valence-electron chi connectivity index (χ3n) is 1.87. The molecule has 1 aromatic carbocycles. The molecule has 1 aromatic rings. The van der Waals surface area contributed by atoms with E-state index in [1.165, 1.54) is 0 Å². The highest BCUT2D eigenvalue weighted by atomic mass is 79.9. The normalized spacial score (nSPS) is 10.0. The highest BCUT2D eigenvalue weighted by Gasteiger charge is 2.03. The molecule has 0 radical (unpaired) electrons. The van der Waals surface area contributed by atoms with Crippen LogP contribution in [-0.2, 0) is 6.42 Å². The van der Waals surface area contributed by atoms with Crippen LogP contribution in [0.1, 0.15) is 11.1 Å². The van der Waals surface area contributed by atoms with E-state index in [0.29, 0.717) is 6.42 Å². The summed E-state index contributed by atoms with van der Waals surface area (Å²) in [6.07, 6.45) is 0.498. The smallest absolute Gasteiger partial charge is 0.207 e. The zero-order valence-corrected chi connectivity index (χ0v) is 8.87. The molecule has 0 saturated carbocycles. The molecule has 0 aliphatic heterocycles. The van der Waals surface area contributed by atoms with Crippen LogP contribution in [0.15, 0.2) is 22.7 Å². The standard InChI is InChI=1S/C9H10BrNO2/c1-7-2-3-9(10)6-8(7)4-5-11(12)13/h2-3,6H,4-5H2,1H3. The molecule has 0 fully saturated rings. The van der Waals surface area contributed by atoms with E-state index in [-0.39, 0.29) is 11.5 Å². The van der Waals surface area contributed by atoms with Crippen molar-refractivity contribution >= 4 is 15.9 Å². The molecular weight excluding hydrogens is 234 g/mol. The first kappa shape index (κ1) is 10.2. The van der Waals surface area contributed by atoms with E-state index in [4.69, 9.17) is 0 Å². The average Bonchev–Trinajstić information content (AvgIpc) is 2.06. The molecule has 0 aliphatic rings. The van der Waals surface area contributed by atoms with Crippen LogP contribution in [0.4, 0.5) is 0 Å². The maximum absolute atomic E-state index is 10.2. The van der Waals surface area contributed by atoms with Crippen LogP contribution in [0.5, 0.6) is 0 Å². The summed E-state index contributed by atoms with van der Waals surface area (Å²) in [5, 5.41) is 10.2. The molecule has 0 N–H and O–H groups in total. The Morgan fingerprint density at radius 3 is 2.85 bits per heavy atom. The molecule has 3 nitrogen and oxygen atoms in total. The zero-order chi connectivity index (χ0) is 9.84. The van der Waals surface area contributed by atoms with E-state index >= 15 is 0 Å². The summed E-state index contributed by atoms with van der Waals surface area (Å²) in [5.74, 6) is 0. The molecule has 13 heavy (non-hydrogen) atoms. The Hall–Kier alpha value is -0.900. The van der Waals surface area contributed by atoms with Gasteiger partial charge in [0.05, 0.1) is 0 Å². The SMILES string of the molecule is Cc1ccc(Br)cc1CC[N+](=O)[O-]. The van der Waals surface area contributed by atoms with Gasteiger partial charge in [-0.1, -0.05) is 22.0 Å². The second kappa shape index (κ2) is 4.37. The van der Waals surface area contributed by atoms with Gasteiger partial charge in [0.15, 0.2) is 0 Å². The van der Waals surface area contributed by atoms with Crippen molar-refractivity contribution < 1.29 is 4.92 Å². The van der Waals surface area contributed by atoms with Crippen LogP contribution < -0.4 is 0 Å². The number of halogens is 1. The second-order valence-electron chi connectivity index (χ2n) is 2.88. The minimum absolute atomic E-state index is 0.00269. The Morgan fingerprint density at radius 1 is 1.54 bits per heavy atom. The summed E-state index contributed by atoms with van der Waals surface area (Å²) in [6, 6.07) is 5.82. The molecule has 4 heteroatoms. The topological polar surface area (TPSA) is 43.1 Å². The molecule has 70 valence electrons. The highest BCUT2D eigenvalue weighted by molar-refractivity contribution is 9.10. The van der Waals surface area contributed by atoms with Crippen LogP contribution >= 0.6 is 15.9 Å². The lowest BCUT2D eigenvalue weighted by Gasteiger charge is -2.02. The lowest BCUT2D eigenvalue weighted by Crippen LogP contribution is -2.04. The van der Waals surface area contributed by atoms with E-state index in [2.05, 4.69) is 15.9 Å². The van der Waals surface area contributed by atoms with Gasteiger partial charge in [0.1, 0.15) is 0 Å². The fourth-order valence-electron chi connectivity index (χ4n) is 1.12. The number of nitro groups is 1. The van der Waals surface area contributed by atoms with Crippen molar-refractivity contribution in [3.63, 3.8) is 0 Å². The minimum Gasteiger partial charge on any atom is -0.265 e. The van der Waals surface area contributed by atoms with Crippen molar-refractivity contribution in [3.8, 4) is 0 Å². The van der Waals surface area contributed by atoms with E-state index in [9.17, 15) is 10.1 Å². The van der Waals surface area contributed by atoms with E-state index in [0.717, 1.165) is 15.6 Å². The van der Waals surface area contributed by atoms with Gasteiger partial charge < -0.3 is 0 Å². The summed E-state index contributed by atoms with van der Waals surface area (Å²) < 4.78 is 0.969. The molecule has 1 rings (SSSR count). The predicted molar refractivity (Wildman–Crippen MR) is 54.4 cm³/mol. The van der Waals surface area contributed by atoms with Crippen molar-refractivity contribution in [2.45, 2.75) is 13.3 Å². The van der Waals surface area contributed by atoms with Gasteiger partial charge in [-0.15, -0.1) is 0 Å². The molecule has 0 amide bonds. The Bertz CT molecular complexity index is 325. The van der Waals surface area contributed by atoms with Gasteiger partial charge >= 0.3 is 0 Å². The number of hydrogen-bond donors (Lipinski definition) is 0. The van der Waals surface area contributed by atoms with Gasteiger partial charge in [-0.2, -0.15) is 0 Å². The third-order valence-corrected chi connectivity index (χ3v) is 2.37. The van der Waals surface area contributed by atoms with Gasteiger partial charge in [-0.3, -0.25) is 10.1 Å². The molecule has 0 unspecified atom stereocenters. The molecule has 0 spiro atoms. The predicted octanol–water partition coefficient (Wildman–Crippen LogP) is 2.58. The van der Waals surface area contributed by atoms with Crippen LogP contribution in [0.2, 0.25) is 0 Å². The summed E-state index contributed by atoms with van der Waals surface area (Å²) in [4.78, 5) is 9.87. The first-order valence-electron chi connectivity index (χ1n) is 3.96. The number of aryl methyl sites for hydroxylation is 1. The fourth-order valence-corrected chi connectivity index (χ4v) is 1.53. The Kier molecular flexibility index (Phi) is 3.42. The van der Waals surface area contributed by atoms with Gasteiger partial charge in [0, 0.05) is 15.8 Å². The van der Waals surface area contributed by atoms with E-state index in [1.54, 1.807) is 0 Å². The quantitative estimate of drug-likeness (QED) is 0.605. The first-order valence-corrected chi connectivity index (χ1v) is 4.75. The number of nitrogens with zero attached hydrogens (tertiary/aromatic N) is 1. The van der Waals surface area contributed by atoms with Crippen LogP contribution in [0.25, 0.3) is 0 Å². The molecular formula is C9H10BrNO2. The Labute approximate surface area is 85.0 Å². The minimum atomic E-state index is -0.291. The maximum Gasteiger partial charge on any atom is 0.207 e. The lowest BCUT2D eigenvalue weighted by atomic mass is 10.1. The van der Waals surface area contributed by atoms with Gasteiger partial charge in [-0.25, -0.2) is 0 Å². The first-order chi connectivity index (χ1) is 6.09. The van der Waals surface area contributed by atoms with Crippen molar-refractivity contribution in [2.24, 2.45) is 0 Å². The Morgan fingerprint density at radius 2 is 2.23 bits per heavy atom. The molecule has 0 aromatic heterocycles. The lowest BCUT2D eigenvalue weighted by molar-refractivity contribution is -0.479. The average molecular weight is 244 g/mol. The Balaban J connectivity index is 2.75. The van der Waals surface area contributed by atoms with E-state index < -0.39 is 0 Å². The summed E-state index contributed by atoms with van der Waals surface area (Å²) >= 11 is 3.33. The van der Waals surface area contributed by atoms with Crippen LogP contribution in [0, 0.1) is 17.0 Å². The summed E-state index contributed by atoms with van der Waals surface area (Å²) in [6.45, 7) is 1.96. The number of rotatable bonds is 3. The monoisotopic (exact) mass is 243 g/mol. The van der Waals surface area contributed by atoms with Crippen molar-refractivity contribution in [3.05, 3.63) is 43.9 Å². The maximum atomic E-state index is 10.2. The van der Waals surface area contributed by atoms with E-state index in [1.807, 2.05) is 25.1 Å². The number of hydrogen-bond acceptors (Lipinski definition) is 2. The van der Waals surface area contributed by atoms with Crippen LogP contribution in [0.3, 0.4) is 0 Å². The van der Waals surface area contributed by atoms with Gasteiger partial charge in [-0.05, 0) is 30.2 Å². The zero-order valence-electron chi connectivity index (χ0n) is 7.29. The largest absolute Gasteiger partial charge is 0.265 e. The summed E-state index contributed by atoms with van der Waals surface area (Å²) in [7, 11) is 0. The van der Waals surface area contributed by atoms with Gasteiger partial charge in [0.2, 0.25) is 6.54 Å². The second-order valence-corrected chi connectivity index (χ2v) is 3.79. The van der Waals surface area contributed by atoms with Crippen LogP contribution in [-0.4, -0.2) is 11.5 Å². The highest BCUT2D eigenvalue weighted by Crippen LogP contribution is 2.16. The van der Waals surface area contributed by atoms with Crippen molar-refractivity contribution in [2.75, 3.05) is 6.54 Å². The molecule has 0 atom stereocenters. The van der Waals surface area contributed by atoms with Crippen molar-refractivity contribution in [1.82, 2.24) is 0 Å². The fraction of sp³-hybridized carbons (Fsp3) is 0.333. The molecule has 0 heterocycles.